The second kappa shape index (κ2) is 5.56. The minimum atomic E-state index is -4.44. The van der Waals surface area contributed by atoms with Gasteiger partial charge in [0.2, 0.25) is 0 Å². The zero-order valence-electron chi connectivity index (χ0n) is 11.3. The highest BCUT2D eigenvalue weighted by atomic mass is 19.4. The highest BCUT2D eigenvalue weighted by molar-refractivity contribution is 5.39. The molecule has 0 amide bonds. The standard InChI is InChI=1S/C12H16F3N5/c1-3-4-20-8-10(6-17-20)16-5-9-7-19(2)18-11(9)12(13,14)15/h6-8,16H,3-5H2,1-2H3. The quantitative estimate of drug-likeness (QED) is 0.919. The van der Waals surface area contributed by atoms with Crippen molar-refractivity contribution in [3.63, 3.8) is 0 Å². The largest absolute Gasteiger partial charge is 0.435 e. The predicted octanol–water partition coefficient (Wildman–Crippen LogP) is 2.66. The molecule has 2 aromatic heterocycles. The molecule has 0 saturated carbocycles. The zero-order chi connectivity index (χ0) is 14.8. The molecule has 110 valence electrons. The van der Waals surface area contributed by atoms with E-state index in [-0.39, 0.29) is 12.1 Å². The van der Waals surface area contributed by atoms with Gasteiger partial charge in [-0.05, 0) is 6.42 Å². The average molecular weight is 287 g/mol. The van der Waals surface area contributed by atoms with E-state index in [1.165, 1.54) is 17.9 Å². The number of hydrogen-bond acceptors (Lipinski definition) is 3. The predicted molar refractivity (Wildman–Crippen MR) is 68.1 cm³/mol. The number of hydrogen-bond donors (Lipinski definition) is 1. The van der Waals surface area contributed by atoms with Crippen molar-refractivity contribution in [2.75, 3.05) is 5.32 Å². The second-order valence-corrected chi connectivity index (χ2v) is 4.52. The van der Waals surface area contributed by atoms with Gasteiger partial charge in [0.15, 0.2) is 5.69 Å². The van der Waals surface area contributed by atoms with Gasteiger partial charge < -0.3 is 5.32 Å². The molecule has 0 bridgehead atoms. The first-order chi connectivity index (χ1) is 9.40. The van der Waals surface area contributed by atoms with Crippen molar-refractivity contribution in [2.24, 2.45) is 7.05 Å². The van der Waals surface area contributed by atoms with Gasteiger partial charge in [0, 0.05) is 38.1 Å². The Morgan fingerprint density at radius 1 is 1.30 bits per heavy atom. The fourth-order valence-electron chi connectivity index (χ4n) is 1.91. The van der Waals surface area contributed by atoms with Crippen LogP contribution in [0.15, 0.2) is 18.6 Å². The normalized spacial score (nSPS) is 11.8. The molecule has 0 atom stereocenters. The summed E-state index contributed by atoms with van der Waals surface area (Å²) in [5.41, 5.74) is -0.0490. The Balaban J connectivity index is 2.06. The van der Waals surface area contributed by atoms with Crippen molar-refractivity contribution in [2.45, 2.75) is 32.6 Å². The van der Waals surface area contributed by atoms with Gasteiger partial charge in [-0.2, -0.15) is 23.4 Å². The molecule has 1 N–H and O–H groups in total. The van der Waals surface area contributed by atoms with Crippen LogP contribution in [0.3, 0.4) is 0 Å². The van der Waals surface area contributed by atoms with Gasteiger partial charge in [0.25, 0.3) is 0 Å². The molecule has 5 nitrogen and oxygen atoms in total. The Morgan fingerprint density at radius 2 is 2.05 bits per heavy atom. The Bertz CT molecular complexity index is 570. The first-order valence-corrected chi connectivity index (χ1v) is 6.26. The van der Waals surface area contributed by atoms with Crippen molar-refractivity contribution >= 4 is 5.69 Å². The second-order valence-electron chi connectivity index (χ2n) is 4.52. The van der Waals surface area contributed by atoms with Crippen LogP contribution in [-0.2, 0) is 26.3 Å². The summed E-state index contributed by atoms with van der Waals surface area (Å²) >= 11 is 0. The van der Waals surface area contributed by atoms with Crippen LogP contribution in [0, 0.1) is 0 Å². The molecule has 0 saturated heterocycles. The smallest absolute Gasteiger partial charge is 0.378 e. The molecule has 0 aliphatic heterocycles. The number of alkyl halides is 3. The molecule has 0 fully saturated rings. The summed E-state index contributed by atoms with van der Waals surface area (Å²) in [5.74, 6) is 0. The maximum atomic E-state index is 12.8. The van der Waals surface area contributed by atoms with Crippen LogP contribution in [0.25, 0.3) is 0 Å². The summed E-state index contributed by atoms with van der Waals surface area (Å²) in [5, 5.41) is 10.5. The van der Waals surface area contributed by atoms with Crippen molar-refractivity contribution in [3.05, 3.63) is 29.8 Å². The van der Waals surface area contributed by atoms with E-state index in [4.69, 9.17) is 0 Å². The molecule has 0 spiro atoms. The van der Waals surface area contributed by atoms with Crippen molar-refractivity contribution in [1.82, 2.24) is 19.6 Å². The Kier molecular flexibility index (Phi) is 4.01. The Labute approximate surface area is 114 Å². The van der Waals surface area contributed by atoms with Gasteiger partial charge in [-0.25, -0.2) is 0 Å². The molecule has 0 radical (unpaired) electrons. The summed E-state index contributed by atoms with van der Waals surface area (Å²) in [6, 6.07) is 0. The lowest BCUT2D eigenvalue weighted by molar-refractivity contribution is -0.142. The number of aryl methyl sites for hydroxylation is 2. The van der Waals surface area contributed by atoms with Crippen LogP contribution in [0.2, 0.25) is 0 Å². The number of nitrogens with one attached hydrogen (secondary N) is 1. The summed E-state index contributed by atoms with van der Waals surface area (Å²) in [7, 11) is 1.47. The van der Waals surface area contributed by atoms with Crippen LogP contribution in [0.4, 0.5) is 18.9 Å². The third-order valence-corrected chi connectivity index (χ3v) is 2.74. The molecule has 0 unspecified atom stereocenters. The minimum Gasteiger partial charge on any atom is -0.378 e. The minimum absolute atomic E-state index is 0.0561. The van der Waals surface area contributed by atoms with Crippen LogP contribution in [0.5, 0.6) is 0 Å². The topological polar surface area (TPSA) is 47.7 Å². The molecule has 2 rings (SSSR count). The molecule has 0 aliphatic carbocycles. The maximum Gasteiger partial charge on any atom is 0.435 e. The SMILES string of the molecule is CCCn1cc(NCc2cn(C)nc2C(F)(F)F)cn1. The molecule has 20 heavy (non-hydrogen) atoms. The molecule has 2 aromatic rings. The Hall–Kier alpha value is -1.99. The van der Waals surface area contributed by atoms with Gasteiger partial charge in [-0.3, -0.25) is 9.36 Å². The third-order valence-electron chi connectivity index (χ3n) is 2.74. The molecular formula is C12H16F3N5. The van der Waals surface area contributed by atoms with Gasteiger partial charge in [0.1, 0.15) is 0 Å². The summed E-state index contributed by atoms with van der Waals surface area (Å²) < 4.78 is 41.2. The van der Waals surface area contributed by atoms with Gasteiger partial charge in [-0.15, -0.1) is 0 Å². The summed E-state index contributed by atoms with van der Waals surface area (Å²) in [6.45, 7) is 2.86. The molecular weight excluding hydrogens is 271 g/mol. The number of aromatic nitrogens is 4. The first-order valence-electron chi connectivity index (χ1n) is 6.26. The van der Waals surface area contributed by atoms with E-state index < -0.39 is 11.9 Å². The number of anilines is 1. The number of nitrogens with zero attached hydrogens (tertiary/aromatic N) is 4. The van der Waals surface area contributed by atoms with Crippen LogP contribution in [-0.4, -0.2) is 19.6 Å². The maximum absolute atomic E-state index is 12.8. The lowest BCUT2D eigenvalue weighted by atomic mass is 10.2. The van der Waals surface area contributed by atoms with E-state index in [0.717, 1.165) is 13.0 Å². The Morgan fingerprint density at radius 3 is 2.70 bits per heavy atom. The van der Waals surface area contributed by atoms with Gasteiger partial charge >= 0.3 is 6.18 Å². The zero-order valence-corrected chi connectivity index (χ0v) is 11.3. The van der Waals surface area contributed by atoms with E-state index in [0.29, 0.717) is 5.69 Å². The third kappa shape index (κ3) is 3.31. The number of halogens is 3. The van der Waals surface area contributed by atoms with E-state index >= 15 is 0 Å². The number of rotatable bonds is 5. The van der Waals surface area contributed by atoms with Crippen molar-refractivity contribution in [3.8, 4) is 0 Å². The van der Waals surface area contributed by atoms with Crippen LogP contribution in [0.1, 0.15) is 24.6 Å². The van der Waals surface area contributed by atoms with Gasteiger partial charge in [0.05, 0.1) is 11.9 Å². The fourth-order valence-corrected chi connectivity index (χ4v) is 1.91. The molecule has 0 aromatic carbocycles. The van der Waals surface area contributed by atoms with Crippen molar-refractivity contribution in [1.29, 1.82) is 0 Å². The van der Waals surface area contributed by atoms with E-state index in [1.807, 2.05) is 6.92 Å². The monoisotopic (exact) mass is 287 g/mol. The fraction of sp³-hybridized carbons (Fsp3) is 0.500. The van der Waals surface area contributed by atoms with Gasteiger partial charge in [-0.1, -0.05) is 6.92 Å². The van der Waals surface area contributed by atoms with E-state index in [9.17, 15) is 13.2 Å². The first kappa shape index (κ1) is 14.4. The molecule has 2 heterocycles. The van der Waals surface area contributed by atoms with E-state index in [2.05, 4.69) is 15.5 Å². The molecule has 0 aliphatic rings. The molecule has 8 heteroatoms. The van der Waals surface area contributed by atoms with Crippen molar-refractivity contribution < 1.29 is 13.2 Å². The summed E-state index contributed by atoms with van der Waals surface area (Å²) in [6.07, 6.45) is 1.24. The van der Waals surface area contributed by atoms with Crippen LogP contribution < -0.4 is 5.32 Å². The highest BCUT2D eigenvalue weighted by Gasteiger charge is 2.36. The van der Waals surface area contributed by atoms with E-state index in [1.54, 1.807) is 17.1 Å². The van der Waals surface area contributed by atoms with Crippen LogP contribution >= 0.6 is 0 Å². The highest BCUT2D eigenvalue weighted by Crippen LogP contribution is 2.30. The lowest BCUT2D eigenvalue weighted by Crippen LogP contribution is -2.11. The lowest BCUT2D eigenvalue weighted by Gasteiger charge is -2.06. The average Bonchev–Trinajstić information content (AvgIpc) is 2.93. The summed E-state index contributed by atoms with van der Waals surface area (Å²) in [4.78, 5) is 0.